The van der Waals surface area contributed by atoms with Crippen LogP contribution in [0.25, 0.3) is 0 Å². The molecule has 0 spiro atoms. The highest BCUT2D eigenvalue weighted by Gasteiger charge is 2.25. The zero-order valence-electron chi connectivity index (χ0n) is 8.77. The predicted molar refractivity (Wildman–Crippen MR) is 56.2 cm³/mol. The monoisotopic (exact) mass is 263 g/mol. The Bertz CT molecular complexity index is 478. The normalized spacial score (nSPS) is 14.7. The van der Waals surface area contributed by atoms with Gasteiger partial charge in [-0.1, -0.05) is 0 Å². The van der Waals surface area contributed by atoms with Crippen molar-refractivity contribution in [3.05, 3.63) is 34.6 Å². The van der Waals surface area contributed by atoms with Crippen molar-refractivity contribution in [3.63, 3.8) is 0 Å². The Kier molecular flexibility index (Phi) is 3.28. The molecule has 0 N–H and O–H groups in total. The van der Waals surface area contributed by atoms with Gasteiger partial charge in [0.1, 0.15) is 5.88 Å². The first-order valence-electron chi connectivity index (χ1n) is 5.03. The van der Waals surface area contributed by atoms with E-state index in [2.05, 4.69) is 0 Å². The van der Waals surface area contributed by atoms with Gasteiger partial charge in [-0.3, -0.25) is 4.79 Å². The standard InChI is InChI=1S/C11H9ClF3NO/c12-4-9(17)16-2-1-7-6(5-16)3-8(13)11(15)10(7)14/h3H,1-2,4-5H2. The van der Waals surface area contributed by atoms with Crippen molar-refractivity contribution in [2.24, 2.45) is 0 Å². The highest BCUT2D eigenvalue weighted by atomic mass is 35.5. The van der Waals surface area contributed by atoms with E-state index < -0.39 is 17.5 Å². The number of halogens is 4. The fraction of sp³-hybridized carbons (Fsp3) is 0.364. The van der Waals surface area contributed by atoms with Crippen molar-refractivity contribution in [2.75, 3.05) is 12.4 Å². The van der Waals surface area contributed by atoms with Crippen LogP contribution in [0.4, 0.5) is 13.2 Å². The maximum atomic E-state index is 13.4. The summed E-state index contributed by atoms with van der Waals surface area (Å²) in [6.07, 6.45) is 0.168. The van der Waals surface area contributed by atoms with E-state index in [4.69, 9.17) is 11.6 Å². The summed E-state index contributed by atoms with van der Waals surface area (Å²) in [5.41, 5.74) is 0.439. The molecular weight excluding hydrogens is 255 g/mol. The van der Waals surface area contributed by atoms with Crippen molar-refractivity contribution in [1.29, 1.82) is 0 Å². The molecule has 1 amide bonds. The minimum absolute atomic E-state index is 0.0645. The molecule has 0 bridgehead atoms. The lowest BCUT2D eigenvalue weighted by atomic mass is 9.98. The van der Waals surface area contributed by atoms with Crippen LogP contribution < -0.4 is 0 Å². The molecule has 2 nitrogen and oxygen atoms in total. The van der Waals surface area contributed by atoms with Crippen LogP contribution in [0.3, 0.4) is 0 Å². The van der Waals surface area contributed by atoms with Crippen LogP contribution in [-0.4, -0.2) is 23.2 Å². The molecule has 0 atom stereocenters. The SMILES string of the molecule is O=C(CCl)N1CCc2c(cc(F)c(F)c2F)C1. The lowest BCUT2D eigenvalue weighted by Gasteiger charge is -2.28. The number of carbonyl (C=O) groups is 1. The number of fused-ring (bicyclic) bond motifs is 1. The van der Waals surface area contributed by atoms with E-state index in [9.17, 15) is 18.0 Å². The van der Waals surface area contributed by atoms with Crippen LogP contribution in [-0.2, 0) is 17.8 Å². The Morgan fingerprint density at radius 1 is 1.35 bits per heavy atom. The van der Waals surface area contributed by atoms with Crippen molar-refractivity contribution in [3.8, 4) is 0 Å². The Balaban J connectivity index is 2.36. The molecule has 0 radical (unpaired) electrons. The molecule has 0 saturated carbocycles. The maximum absolute atomic E-state index is 13.4. The van der Waals surface area contributed by atoms with E-state index in [-0.39, 0.29) is 36.9 Å². The zero-order chi connectivity index (χ0) is 12.6. The van der Waals surface area contributed by atoms with Gasteiger partial charge in [-0.15, -0.1) is 11.6 Å². The van der Waals surface area contributed by atoms with Gasteiger partial charge in [0.25, 0.3) is 0 Å². The summed E-state index contributed by atoms with van der Waals surface area (Å²) in [4.78, 5) is 12.7. The number of hydrogen-bond acceptors (Lipinski definition) is 1. The molecule has 1 heterocycles. The first kappa shape index (κ1) is 12.2. The van der Waals surface area contributed by atoms with Gasteiger partial charge in [0.05, 0.1) is 0 Å². The minimum Gasteiger partial charge on any atom is -0.337 e. The summed E-state index contributed by atoms with van der Waals surface area (Å²) >= 11 is 5.40. The summed E-state index contributed by atoms with van der Waals surface area (Å²) in [5, 5.41) is 0. The predicted octanol–water partition coefficient (Wildman–Crippen LogP) is 2.23. The van der Waals surface area contributed by atoms with E-state index >= 15 is 0 Å². The van der Waals surface area contributed by atoms with Crippen LogP contribution in [0, 0.1) is 17.5 Å². The molecule has 92 valence electrons. The van der Waals surface area contributed by atoms with Gasteiger partial charge >= 0.3 is 0 Å². The molecule has 1 aliphatic rings. The smallest absolute Gasteiger partial charge is 0.237 e. The van der Waals surface area contributed by atoms with Crippen molar-refractivity contribution in [1.82, 2.24) is 4.90 Å². The first-order valence-corrected chi connectivity index (χ1v) is 5.57. The molecule has 0 saturated heterocycles. The van der Waals surface area contributed by atoms with Gasteiger partial charge in [0.15, 0.2) is 17.5 Å². The number of benzene rings is 1. The van der Waals surface area contributed by atoms with E-state index in [1.165, 1.54) is 4.90 Å². The molecular formula is C11H9ClF3NO. The van der Waals surface area contributed by atoms with Crippen LogP contribution in [0.5, 0.6) is 0 Å². The maximum Gasteiger partial charge on any atom is 0.237 e. The minimum atomic E-state index is -1.46. The zero-order valence-corrected chi connectivity index (χ0v) is 9.53. The topological polar surface area (TPSA) is 20.3 Å². The van der Waals surface area contributed by atoms with Gasteiger partial charge < -0.3 is 4.90 Å². The third kappa shape index (κ3) is 2.11. The summed E-state index contributed by atoms with van der Waals surface area (Å²) in [6.45, 7) is 0.329. The fourth-order valence-electron chi connectivity index (χ4n) is 1.92. The second-order valence-electron chi connectivity index (χ2n) is 3.82. The number of amides is 1. The Morgan fingerprint density at radius 2 is 2.06 bits per heavy atom. The first-order chi connectivity index (χ1) is 8.04. The molecule has 0 aliphatic carbocycles. The molecule has 0 fully saturated rings. The van der Waals surface area contributed by atoms with Crippen LogP contribution in [0.15, 0.2) is 6.07 Å². The van der Waals surface area contributed by atoms with E-state index in [0.29, 0.717) is 5.56 Å². The molecule has 0 aromatic heterocycles. The quantitative estimate of drug-likeness (QED) is 0.562. The average Bonchev–Trinajstić information content (AvgIpc) is 2.34. The van der Waals surface area contributed by atoms with Crippen molar-refractivity contribution in [2.45, 2.75) is 13.0 Å². The van der Waals surface area contributed by atoms with Gasteiger partial charge in [0.2, 0.25) is 5.91 Å². The molecule has 17 heavy (non-hydrogen) atoms. The number of rotatable bonds is 1. The molecule has 2 rings (SSSR count). The van der Waals surface area contributed by atoms with Crippen molar-refractivity contribution < 1.29 is 18.0 Å². The van der Waals surface area contributed by atoms with Gasteiger partial charge in [0, 0.05) is 13.1 Å². The van der Waals surface area contributed by atoms with E-state index in [1.54, 1.807) is 0 Å². The second kappa shape index (κ2) is 4.56. The Hall–Kier alpha value is -1.23. The van der Waals surface area contributed by atoms with Crippen molar-refractivity contribution >= 4 is 17.5 Å². The highest BCUT2D eigenvalue weighted by Crippen LogP contribution is 2.25. The lowest BCUT2D eigenvalue weighted by molar-refractivity contribution is -0.129. The number of nitrogens with zero attached hydrogens (tertiary/aromatic N) is 1. The van der Waals surface area contributed by atoms with Gasteiger partial charge in [-0.2, -0.15) is 0 Å². The molecule has 1 aliphatic heterocycles. The number of alkyl halides is 1. The Morgan fingerprint density at radius 3 is 2.71 bits per heavy atom. The molecule has 1 aromatic rings. The molecule has 6 heteroatoms. The van der Waals surface area contributed by atoms with E-state index in [1.807, 2.05) is 0 Å². The average molecular weight is 264 g/mol. The van der Waals surface area contributed by atoms with Gasteiger partial charge in [-0.05, 0) is 23.6 Å². The fourth-order valence-corrected chi connectivity index (χ4v) is 2.09. The number of hydrogen-bond donors (Lipinski definition) is 0. The van der Waals surface area contributed by atoms with Gasteiger partial charge in [-0.25, -0.2) is 13.2 Å². The third-order valence-corrected chi connectivity index (χ3v) is 3.04. The van der Waals surface area contributed by atoms with Crippen LogP contribution in [0.2, 0.25) is 0 Å². The second-order valence-corrected chi connectivity index (χ2v) is 4.09. The molecule has 1 aromatic carbocycles. The molecule has 0 unspecified atom stereocenters. The summed E-state index contributed by atoms with van der Waals surface area (Å²) in [5.74, 6) is -4.33. The lowest BCUT2D eigenvalue weighted by Crippen LogP contribution is -2.37. The Labute approximate surface area is 101 Å². The highest BCUT2D eigenvalue weighted by molar-refractivity contribution is 6.27. The van der Waals surface area contributed by atoms with Crippen LogP contribution >= 0.6 is 11.6 Å². The third-order valence-electron chi connectivity index (χ3n) is 2.82. The summed E-state index contributed by atoms with van der Waals surface area (Å²) in [6, 6.07) is 0.932. The largest absolute Gasteiger partial charge is 0.337 e. The van der Waals surface area contributed by atoms with E-state index in [0.717, 1.165) is 6.07 Å². The van der Waals surface area contributed by atoms with Crippen LogP contribution in [0.1, 0.15) is 11.1 Å². The summed E-state index contributed by atoms with van der Waals surface area (Å²) in [7, 11) is 0. The number of carbonyl (C=O) groups excluding carboxylic acids is 1. The summed E-state index contributed by atoms with van der Waals surface area (Å²) < 4.78 is 39.4.